The number of fused-ring (bicyclic) bond motifs is 1. The molecule has 6 nitrogen and oxygen atoms in total. The number of hydrogen-bond donors (Lipinski definition) is 1. The zero-order chi connectivity index (χ0) is 19.1. The molecular weight excluding hydrogens is 388 g/mol. The Morgan fingerprint density at radius 3 is 2.86 bits per heavy atom. The molecule has 1 aliphatic heterocycles. The largest absolute Gasteiger partial charge is 0.308 e. The second-order valence-electron chi connectivity index (χ2n) is 7.18. The average molecular weight is 410 g/mol. The smallest absolute Gasteiger partial charge is 0.202 e. The van der Waals surface area contributed by atoms with Gasteiger partial charge < -0.3 is 9.47 Å². The third-order valence-electron chi connectivity index (χ3n) is 5.42. The highest BCUT2D eigenvalue weighted by molar-refractivity contribution is 7.71. The number of para-hydroxylation sites is 1. The number of rotatable bonds is 4. The Morgan fingerprint density at radius 1 is 1.21 bits per heavy atom. The highest BCUT2D eigenvalue weighted by Crippen LogP contribution is 2.28. The number of likely N-dealkylation sites (tertiary alicyclic amines) is 1. The predicted molar refractivity (Wildman–Crippen MR) is 113 cm³/mol. The number of hydrogen-bond acceptors (Lipinski definition) is 5. The zero-order valence-corrected chi connectivity index (χ0v) is 17.2. The van der Waals surface area contributed by atoms with Crippen molar-refractivity contribution in [1.82, 2.24) is 24.3 Å². The van der Waals surface area contributed by atoms with E-state index in [1.807, 2.05) is 39.8 Å². The highest BCUT2D eigenvalue weighted by Gasteiger charge is 2.33. The van der Waals surface area contributed by atoms with Crippen molar-refractivity contribution in [2.45, 2.75) is 25.6 Å². The highest BCUT2D eigenvalue weighted by atomic mass is 32.1. The van der Waals surface area contributed by atoms with Gasteiger partial charge >= 0.3 is 0 Å². The molecule has 4 heterocycles. The normalized spacial score (nSPS) is 19.5. The summed E-state index contributed by atoms with van der Waals surface area (Å²) in [5, 5.41) is 6.05. The van der Waals surface area contributed by atoms with Gasteiger partial charge in [-0.25, -0.2) is 4.98 Å². The summed E-state index contributed by atoms with van der Waals surface area (Å²) in [6.45, 7) is 1.88. The van der Waals surface area contributed by atoms with Crippen LogP contribution in [0.2, 0.25) is 0 Å². The minimum atomic E-state index is 0.408. The van der Waals surface area contributed by atoms with Gasteiger partial charge in [0.2, 0.25) is 4.77 Å². The van der Waals surface area contributed by atoms with Gasteiger partial charge in [0, 0.05) is 37.8 Å². The molecule has 28 heavy (non-hydrogen) atoms. The van der Waals surface area contributed by atoms with Crippen LogP contribution in [-0.4, -0.2) is 30.9 Å². The van der Waals surface area contributed by atoms with Crippen molar-refractivity contribution in [2.24, 2.45) is 7.05 Å². The van der Waals surface area contributed by atoms with Crippen LogP contribution in [0, 0.1) is 4.77 Å². The lowest BCUT2D eigenvalue weighted by molar-refractivity contribution is -0.941. The van der Waals surface area contributed by atoms with Gasteiger partial charge in [-0.2, -0.15) is 4.68 Å². The van der Waals surface area contributed by atoms with Crippen LogP contribution >= 0.6 is 23.6 Å². The van der Waals surface area contributed by atoms with Gasteiger partial charge in [-0.05, 0) is 36.5 Å². The second-order valence-corrected chi connectivity index (χ2v) is 8.61. The van der Waals surface area contributed by atoms with Crippen LogP contribution in [0.4, 0.5) is 0 Å². The Hall–Kier alpha value is -2.42. The minimum Gasteiger partial charge on any atom is -0.308 e. The SMILES string of the molecule is Cn1c(-c2ccncc2)nn(C[NH+]2CCC[C@@H]2c2nc3ccccc3s2)c1=S. The van der Waals surface area contributed by atoms with Crippen LogP contribution in [-0.2, 0) is 13.7 Å². The molecular formula is C20H21N6S2+. The molecule has 0 aliphatic carbocycles. The number of nitrogens with one attached hydrogen (secondary N) is 1. The predicted octanol–water partition coefficient (Wildman–Crippen LogP) is 3.00. The first-order chi connectivity index (χ1) is 13.7. The van der Waals surface area contributed by atoms with E-state index in [4.69, 9.17) is 22.3 Å². The molecule has 2 atom stereocenters. The number of nitrogens with zero attached hydrogens (tertiary/aromatic N) is 5. The fourth-order valence-electron chi connectivity index (χ4n) is 3.97. The van der Waals surface area contributed by atoms with Gasteiger partial charge in [-0.15, -0.1) is 16.4 Å². The molecule has 0 saturated carbocycles. The molecule has 5 rings (SSSR count). The number of quaternary nitrogens is 1. The third kappa shape index (κ3) is 3.07. The van der Waals surface area contributed by atoms with Crippen LogP contribution in [0.25, 0.3) is 21.6 Å². The fraction of sp³-hybridized carbons (Fsp3) is 0.300. The number of benzene rings is 1. The number of pyridine rings is 1. The van der Waals surface area contributed by atoms with Crippen molar-refractivity contribution in [3.63, 3.8) is 0 Å². The first kappa shape index (κ1) is 17.7. The standard InChI is InChI=1S/C20H20N6S2/c1-24-18(14-8-10-21-11-9-14)23-26(20(24)27)13-25-12-4-6-16(25)19-22-15-5-2-3-7-17(15)28-19/h2-3,5,7-11,16H,4,6,12-13H2,1H3/p+1/t16-/m1/s1. The molecule has 1 aliphatic rings. The van der Waals surface area contributed by atoms with Crippen molar-refractivity contribution in [2.75, 3.05) is 6.54 Å². The lowest BCUT2D eigenvalue weighted by Crippen LogP contribution is -3.09. The molecule has 1 N–H and O–H groups in total. The second kappa shape index (κ2) is 7.20. The molecule has 1 unspecified atom stereocenters. The monoisotopic (exact) mass is 409 g/mol. The Balaban J connectivity index is 1.45. The third-order valence-corrected chi connectivity index (χ3v) is 7.06. The molecule has 0 bridgehead atoms. The summed E-state index contributed by atoms with van der Waals surface area (Å²) in [6, 6.07) is 12.7. The maximum absolute atomic E-state index is 5.68. The fourth-order valence-corrected chi connectivity index (χ4v) is 5.33. The van der Waals surface area contributed by atoms with E-state index in [9.17, 15) is 0 Å². The van der Waals surface area contributed by atoms with Gasteiger partial charge in [0.1, 0.15) is 6.04 Å². The summed E-state index contributed by atoms with van der Waals surface area (Å²) in [6.07, 6.45) is 5.93. The van der Waals surface area contributed by atoms with Gasteiger partial charge in [-0.1, -0.05) is 12.1 Å². The first-order valence-corrected chi connectivity index (χ1v) is 10.7. The molecule has 1 fully saturated rings. The van der Waals surface area contributed by atoms with E-state index in [0.29, 0.717) is 6.04 Å². The van der Waals surface area contributed by atoms with E-state index >= 15 is 0 Å². The van der Waals surface area contributed by atoms with Crippen molar-refractivity contribution >= 4 is 33.8 Å². The van der Waals surface area contributed by atoms with E-state index in [1.165, 1.54) is 21.0 Å². The number of thiazole rings is 1. The van der Waals surface area contributed by atoms with Gasteiger partial charge in [0.05, 0.1) is 16.8 Å². The molecule has 3 aromatic heterocycles. The molecule has 8 heteroatoms. The summed E-state index contributed by atoms with van der Waals surface area (Å²) >= 11 is 7.50. The topological polar surface area (TPSA) is 53.0 Å². The Labute approximate surface area is 172 Å². The van der Waals surface area contributed by atoms with Crippen LogP contribution in [0.15, 0.2) is 48.8 Å². The lowest BCUT2D eigenvalue weighted by atomic mass is 10.2. The molecule has 142 valence electrons. The van der Waals surface area contributed by atoms with E-state index < -0.39 is 0 Å². The molecule has 0 radical (unpaired) electrons. The molecule has 4 aromatic rings. The number of aromatic nitrogens is 5. The van der Waals surface area contributed by atoms with Crippen LogP contribution in [0.1, 0.15) is 23.9 Å². The molecule has 1 saturated heterocycles. The van der Waals surface area contributed by atoms with Crippen molar-refractivity contribution in [3.8, 4) is 11.4 Å². The first-order valence-electron chi connectivity index (χ1n) is 9.45. The van der Waals surface area contributed by atoms with Gasteiger partial charge in [-0.3, -0.25) is 4.98 Å². The quantitative estimate of drug-likeness (QED) is 0.527. The Morgan fingerprint density at radius 2 is 2.04 bits per heavy atom. The summed E-state index contributed by atoms with van der Waals surface area (Å²) in [7, 11) is 1.98. The van der Waals surface area contributed by atoms with Crippen molar-refractivity contribution < 1.29 is 4.90 Å². The van der Waals surface area contributed by atoms with Crippen molar-refractivity contribution in [1.29, 1.82) is 0 Å². The lowest BCUT2D eigenvalue weighted by Gasteiger charge is -2.19. The average Bonchev–Trinajstić information content (AvgIpc) is 3.42. The van der Waals surface area contributed by atoms with Crippen LogP contribution in [0.3, 0.4) is 0 Å². The minimum absolute atomic E-state index is 0.408. The summed E-state index contributed by atoms with van der Waals surface area (Å²) in [4.78, 5) is 10.5. The Bertz CT molecular complexity index is 1140. The van der Waals surface area contributed by atoms with E-state index in [2.05, 4.69) is 29.2 Å². The van der Waals surface area contributed by atoms with Gasteiger partial charge in [0.15, 0.2) is 17.5 Å². The zero-order valence-electron chi connectivity index (χ0n) is 15.6. The van der Waals surface area contributed by atoms with Gasteiger partial charge in [0.25, 0.3) is 0 Å². The van der Waals surface area contributed by atoms with Crippen LogP contribution in [0.5, 0.6) is 0 Å². The maximum atomic E-state index is 5.68. The molecule has 1 aromatic carbocycles. The molecule has 0 amide bonds. The van der Waals surface area contributed by atoms with E-state index in [-0.39, 0.29) is 0 Å². The summed E-state index contributed by atoms with van der Waals surface area (Å²) in [5.41, 5.74) is 2.13. The van der Waals surface area contributed by atoms with Crippen LogP contribution < -0.4 is 4.90 Å². The van der Waals surface area contributed by atoms with E-state index in [1.54, 1.807) is 12.4 Å². The van der Waals surface area contributed by atoms with Crippen molar-refractivity contribution in [3.05, 3.63) is 58.6 Å². The summed E-state index contributed by atoms with van der Waals surface area (Å²) < 4.78 is 5.95. The van der Waals surface area contributed by atoms with E-state index in [0.717, 1.165) is 41.3 Å². The maximum Gasteiger partial charge on any atom is 0.202 e. The molecule has 0 spiro atoms. The summed E-state index contributed by atoms with van der Waals surface area (Å²) in [5.74, 6) is 0.877. The Kier molecular flexibility index (Phi) is 4.54.